The molecular weight excluding hydrogens is 249 g/mol. The molecule has 4 nitrogen and oxygen atoms in total. The van der Waals surface area contributed by atoms with E-state index in [1.54, 1.807) is 6.92 Å². The van der Waals surface area contributed by atoms with Crippen LogP contribution in [0.4, 0.5) is 9.18 Å². The molecule has 1 aromatic carbocycles. The third-order valence-corrected chi connectivity index (χ3v) is 2.84. The Morgan fingerprint density at radius 3 is 2.68 bits per heavy atom. The van der Waals surface area contributed by atoms with Crippen LogP contribution in [-0.2, 0) is 11.2 Å². The van der Waals surface area contributed by atoms with Gasteiger partial charge in [-0.15, -0.1) is 0 Å². The van der Waals surface area contributed by atoms with Gasteiger partial charge in [-0.3, -0.25) is 4.79 Å². The van der Waals surface area contributed by atoms with Gasteiger partial charge in [0, 0.05) is 12.0 Å². The second-order valence-corrected chi connectivity index (χ2v) is 4.36. The van der Waals surface area contributed by atoms with E-state index < -0.39 is 12.2 Å². The van der Waals surface area contributed by atoms with Gasteiger partial charge in [0.05, 0.1) is 0 Å². The first-order valence-electron chi connectivity index (χ1n) is 6.21. The number of hydrogen-bond acceptors (Lipinski definition) is 3. The fourth-order valence-corrected chi connectivity index (χ4v) is 1.85. The van der Waals surface area contributed by atoms with Crippen molar-refractivity contribution < 1.29 is 18.7 Å². The Kier molecular flexibility index (Phi) is 5.48. The van der Waals surface area contributed by atoms with Gasteiger partial charge in [-0.1, -0.05) is 6.92 Å². The molecule has 1 atom stereocenters. The number of halogens is 1. The number of primary amides is 1. The van der Waals surface area contributed by atoms with Crippen LogP contribution in [0.2, 0.25) is 0 Å². The highest BCUT2D eigenvalue weighted by Gasteiger charge is 2.14. The molecule has 0 saturated carbocycles. The maximum absolute atomic E-state index is 13.1. The molecule has 0 heterocycles. The molecule has 1 aromatic rings. The average Bonchev–Trinajstić information content (AvgIpc) is 2.34. The van der Waals surface area contributed by atoms with Gasteiger partial charge in [0.2, 0.25) is 0 Å². The third-order valence-electron chi connectivity index (χ3n) is 2.84. The first-order valence-corrected chi connectivity index (χ1v) is 6.21. The lowest BCUT2D eigenvalue weighted by Crippen LogP contribution is -2.21. The number of hydrogen-bond donors (Lipinski definition) is 1. The second kappa shape index (κ2) is 6.87. The first kappa shape index (κ1) is 15.1. The van der Waals surface area contributed by atoms with Gasteiger partial charge in [0.1, 0.15) is 11.9 Å². The van der Waals surface area contributed by atoms with E-state index in [-0.39, 0.29) is 18.0 Å². The Morgan fingerprint density at radius 2 is 2.11 bits per heavy atom. The summed E-state index contributed by atoms with van der Waals surface area (Å²) in [4.78, 5) is 22.6. The minimum absolute atomic E-state index is 0.0863. The third kappa shape index (κ3) is 4.69. The van der Waals surface area contributed by atoms with Gasteiger partial charge in [-0.05, 0) is 43.5 Å². The van der Waals surface area contributed by atoms with Gasteiger partial charge in [0.25, 0.3) is 0 Å². The molecule has 2 N–H and O–H groups in total. The summed E-state index contributed by atoms with van der Waals surface area (Å²) in [6.07, 6.45) is -0.0513. The minimum atomic E-state index is -0.851. The van der Waals surface area contributed by atoms with Crippen LogP contribution in [0.25, 0.3) is 0 Å². The molecule has 0 aliphatic heterocycles. The summed E-state index contributed by atoms with van der Waals surface area (Å²) < 4.78 is 17.8. The van der Waals surface area contributed by atoms with E-state index in [1.807, 2.05) is 6.92 Å². The smallest absolute Gasteiger partial charge is 0.404 e. The molecule has 5 heteroatoms. The highest BCUT2D eigenvalue weighted by molar-refractivity contribution is 5.97. The Hall–Kier alpha value is -1.91. The molecule has 0 aliphatic rings. The lowest BCUT2D eigenvalue weighted by Gasteiger charge is -2.11. The normalized spacial score (nSPS) is 11.9. The number of Topliss-reactive ketones (excluding diaryl/α,β-unsaturated/α-hetero) is 1. The maximum atomic E-state index is 13.1. The number of rotatable bonds is 6. The molecule has 1 rings (SSSR count). The number of ketones is 1. The quantitative estimate of drug-likeness (QED) is 0.806. The summed E-state index contributed by atoms with van der Waals surface area (Å²) in [6.45, 7) is 3.54. The molecule has 0 radical (unpaired) electrons. The van der Waals surface area contributed by atoms with Gasteiger partial charge < -0.3 is 10.5 Å². The van der Waals surface area contributed by atoms with E-state index in [0.717, 1.165) is 0 Å². The van der Waals surface area contributed by atoms with Crippen molar-refractivity contribution in [3.63, 3.8) is 0 Å². The number of amides is 1. The van der Waals surface area contributed by atoms with E-state index in [4.69, 9.17) is 10.5 Å². The molecular formula is C14H18FNO3. The predicted molar refractivity (Wildman–Crippen MR) is 69.5 cm³/mol. The van der Waals surface area contributed by atoms with Gasteiger partial charge in [-0.25, -0.2) is 9.18 Å². The molecule has 0 saturated heterocycles. The summed E-state index contributed by atoms with van der Waals surface area (Å²) in [5, 5.41) is 0. The van der Waals surface area contributed by atoms with Crippen LogP contribution in [0.3, 0.4) is 0 Å². The van der Waals surface area contributed by atoms with Crippen LogP contribution in [0.5, 0.6) is 0 Å². The van der Waals surface area contributed by atoms with E-state index in [2.05, 4.69) is 0 Å². The Labute approximate surface area is 111 Å². The molecule has 0 spiro atoms. The van der Waals surface area contributed by atoms with Crippen LogP contribution in [0.15, 0.2) is 18.2 Å². The number of carbonyl (C=O) groups excluding carboxylic acids is 2. The molecule has 1 unspecified atom stereocenters. The largest absolute Gasteiger partial charge is 0.447 e. The topological polar surface area (TPSA) is 69.4 Å². The van der Waals surface area contributed by atoms with E-state index in [1.165, 1.54) is 18.2 Å². The Bertz CT molecular complexity index is 474. The van der Waals surface area contributed by atoms with Crippen molar-refractivity contribution in [1.82, 2.24) is 0 Å². The molecule has 0 bridgehead atoms. The first-order chi connectivity index (χ1) is 8.93. The maximum Gasteiger partial charge on any atom is 0.404 e. The van der Waals surface area contributed by atoms with Crippen molar-refractivity contribution in [2.75, 3.05) is 0 Å². The fourth-order valence-electron chi connectivity index (χ4n) is 1.85. The number of aryl methyl sites for hydroxylation is 1. The summed E-state index contributed by atoms with van der Waals surface area (Å²) in [6, 6.07) is 4.14. The van der Waals surface area contributed by atoms with Crippen molar-refractivity contribution >= 4 is 11.9 Å². The van der Waals surface area contributed by atoms with Crippen molar-refractivity contribution in [2.24, 2.45) is 5.73 Å². The van der Waals surface area contributed by atoms with Crippen LogP contribution >= 0.6 is 0 Å². The Morgan fingerprint density at radius 1 is 1.42 bits per heavy atom. The highest BCUT2D eigenvalue weighted by Crippen LogP contribution is 2.16. The van der Waals surface area contributed by atoms with E-state index >= 15 is 0 Å². The SMILES string of the molecule is CCc1cc(F)ccc1C(=O)CCC(C)OC(N)=O. The minimum Gasteiger partial charge on any atom is -0.447 e. The standard InChI is InChI=1S/C14H18FNO3/c1-3-10-8-11(15)5-6-12(10)13(17)7-4-9(2)19-14(16)18/h5-6,8-9H,3-4,7H2,1-2H3,(H2,16,18). The van der Waals surface area contributed by atoms with Gasteiger partial charge in [0.15, 0.2) is 5.78 Å². The van der Waals surface area contributed by atoms with E-state index in [0.29, 0.717) is 24.0 Å². The zero-order chi connectivity index (χ0) is 14.4. The highest BCUT2D eigenvalue weighted by atomic mass is 19.1. The Balaban J connectivity index is 2.66. The zero-order valence-electron chi connectivity index (χ0n) is 11.1. The summed E-state index contributed by atoms with van der Waals surface area (Å²) in [7, 11) is 0. The lowest BCUT2D eigenvalue weighted by molar-refractivity contribution is 0.0897. The zero-order valence-corrected chi connectivity index (χ0v) is 11.1. The van der Waals surface area contributed by atoms with Crippen LogP contribution in [-0.4, -0.2) is 18.0 Å². The van der Waals surface area contributed by atoms with E-state index in [9.17, 15) is 14.0 Å². The summed E-state index contributed by atoms with van der Waals surface area (Å²) in [5.41, 5.74) is 6.10. The molecule has 0 aromatic heterocycles. The van der Waals surface area contributed by atoms with Crippen molar-refractivity contribution in [1.29, 1.82) is 0 Å². The van der Waals surface area contributed by atoms with Crippen molar-refractivity contribution in [2.45, 2.75) is 39.2 Å². The molecule has 0 fully saturated rings. The molecule has 1 amide bonds. The van der Waals surface area contributed by atoms with Crippen LogP contribution in [0.1, 0.15) is 42.6 Å². The lowest BCUT2D eigenvalue weighted by atomic mass is 9.98. The predicted octanol–water partition coefficient (Wildman–Crippen LogP) is 2.83. The average molecular weight is 267 g/mol. The van der Waals surface area contributed by atoms with Gasteiger partial charge >= 0.3 is 6.09 Å². The van der Waals surface area contributed by atoms with Crippen LogP contribution in [0, 0.1) is 5.82 Å². The number of ether oxygens (including phenoxy) is 1. The van der Waals surface area contributed by atoms with Crippen molar-refractivity contribution in [3.8, 4) is 0 Å². The number of nitrogens with two attached hydrogens (primary N) is 1. The number of benzene rings is 1. The monoisotopic (exact) mass is 267 g/mol. The molecule has 0 aliphatic carbocycles. The molecule has 19 heavy (non-hydrogen) atoms. The van der Waals surface area contributed by atoms with Crippen molar-refractivity contribution in [3.05, 3.63) is 35.1 Å². The fraction of sp³-hybridized carbons (Fsp3) is 0.429. The molecule has 104 valence electrons. The van der Waals surface area contributed by atoms with Gasteiger partial charge in [-0.2, -0.15) is 0 Å². The number of carbonyl (C=O) groups is 2. The summed E-state index contributed by atoms with van der Waals surface area (Å²) >= 11 is 0. The second-order valence-electron chi connectivity index (χ2n) is 4.36. The van der Waals surface area contributed by atoms with Crippen LogP contribution < -0.4 is 5.73 Å². The summed E-state index contributed by atoms with van der Waals surface area (Å²) in [5.74, 6) is -0.435.